The van der Waals surface area contributed by atoms with Crippen LogP contribution in [0.25, 0.3) is 0 Å². The summed E-state index contributed by atoms with van der Waals surface area (Å²) in [4.78, 5) is 14.6. The molecule has 1 amide bonds. The normalized spacial score (nSPS) is 14.5. The van der Waals surface area contributed by atoms with E-state index in [4.69, 9.17) is 10.5 Å². The molecule has 1 aliphatic rings. The summed E-state index contributed by atoms with van der Waals surface area (Å²) in [6.07, 6.45) is 1.37. The Kier molecular flexibility index (Phi) is 6.23. The maximum atomic E-state index is 12.8. The van der Waals surface area contributed by atoms with Crippen LogP contribution in [-0.4, -0.2) is 18.6 Å². The monoisotopic (exact) mass is 346 g/mol. The minimum Gasteiger partial charge on any atom is -0.398 e. The van der Waals surface area contributed by atoms with Crippen LogP contribution in [0.15, 0.2) is 48.5 Å². The molecule has 24 heavy (non-hydrogen) atoms. The zero-order chi connectivity index (χ0) is 16.2. The second-order valence-corrected chi connectivity index (χ2v) is 5.88. The third kappa shape index (κ3) is 3.89. The summed E-state index contributed by atoms with van der Waals surface area (Å²) in [7, 11) is 0. The highest BCUT2D eigenvalue weighted by molar-refractivity contribution is 5.98. The molecule has 0 bridgehead atoms. The summed E-state index contributed by atoms with van der Waals surface area (Å²) in [6, 6.07) is 15.6. The van der Waals surface area contributed by atoms with E-state index in [0.717, 1.165) is 35.3 Å². The zero-order valence-corrected chi connectivity index (χ0v) is 14.6. The molecule has 1 atom stereocenters. The van der Waals surface area contributed by atoms with Crippen LogP contribution in [0, 0.1) is 0 Å². The predicted octanol–water partition coefficient (Wildman–Crippen LogP) is 3.58. The highest BCUT2D eigenvalue weighted by Gasteiger charge is 2.27. The Morgan fingerprint density at radius 3 is 2.71 bits per heavy atom. The molecule has 0 radical (unpaired) electrons. The fourth-order valence-electron chi connectivity index (χ4n) is 2.97. The number of ether oxygens (including phenoxy) is 1. The van der Waals surface area contributed by atoms with Crippen LogP contribution in [-0.2, 0) is 22.6 Å². The summed E-state index contributed by atoms with van der Waals surface area (Å²) in [5, 5.41) is 0. The van der Waals surface area contributed by atoms with Crippen molar-refractivity contribution in [3.05, 3.63) is 59.7 Å². The molecule has 128 valence electrons. The molecule has 0 spiro atoms. The van der Waals surface area contributed by atoms with Gasteiger partial charge in [-0.05, 0) is 43.0 Å². The standard InChI is InChI=1S/C19H22N2O2.ClH/c1-14(23-13-15-7-3-2-4-8-15)19(22)21-12-6-9-16-17(20)10-5-11-18(16)21;/h2-5,7-8,10-11,14H,6,9,12-13,20H2,1H3;1H. The number of rotatable bonds is 4. The van der Waals surface area contributed by atoms with Gasteiger partial charge in [-0.2, -0.15) is 0 Å². The molecule has 2 aromatic carbocycles. The maximum absolute atomic E-state index is 12.8. The Balaban J connectivity index is 0.00000208. The highest BCUT2D eigenvalue weighted by atomic mass is 35.5. The Labute approximate surface area is 149 Å². The number of benzene rings is 2. The fraction of sp³-hybridized carbons (Fsp3) is 0.316. The van der Waals surface area contributed by atoms with Crippen molar-refractivity contribution in [3.8, 4) is 0 Å². The quantitative estimate of drug-likeness (QED) is 0.861. The van der Waals surface area contributed by atoms with Crippen molar-refractivity contribution in [1.82, 2.24) is 0 Å². The van der Waals surface area contributed by atoms with Crippen molar-refractivity contribution in [2.24, 2.45) is 0 Å². The van der Waals surface area contributed by atoms with Crippen molar-refractivity contribution >= 4 is 29.7 Å². The number of fused-ring (bicyclic) bond motifs is 1. The molecule has 2 aromatic rings. The molecular weight excluding hydrogens is 324 g/mol. The smallest absolute Gasteiger partial charge is 0.255 e. The van der Waals surface area contributed by atoms with Crippen LogP contribution in [0.1, 0.15) is 24.5 Å². The van der Waals surface area contributed by atoms with Gasteiger partial charge in [0, 0.05) is 17.9 Å². The SMILES string of the molecule is CC(OCc1ccccc1)C(=O)N1CCCc2c(N)cccc21.Cl. The van der Waals surface area contributed by atoms with Gasteiger partial charge >= 0.3 is 0 Å². The van der Waals surface area contributed by atoms with E-state index < -0.39 is 6.10 Å². The molecule has 3 rings (SSSR count). The Hall–Kier alpha value is -2.04. The van der Waals surface area contributed by atoms with Crippen molar-refractivity contribution in [3.63, 3.8) is 0 Å². The number of hydrogen-bond donors (Lipinski definition) is 1. The third-order valence-electron chi connectivity index (χ3n) is 4.24. The van der Waals surface area contributed by atoms with Gasteiger partial charge in [-0.15, -0.1) is 12.4 Å². The lowest BCUT2D eigenvalue weighted by Gasteiger charge is -2.32. The van der Waals surface area contributed by atoms with Gasteiger partial charge in [0.15, 0.2) is 0 Å². The van der Waals surface area contributed by atoms with Gasteiger partial charge in [0.2, 0.25) is 0 Å². The number of nitrogen functional groups attached to an aromatic ring is 1. The molecule has 2 N–H and O–H groups in total. The minimum absolute atomic E-state index is 0. The first-order valence-electron chi connectivity index (χ1n) is 8.01. The van der Waals surface area contributed by atoms with Crippen molar-refractivity contribution < 1.29 is 9.53 Å². The molecule has 0 fully saturated rings. The van der Waals surface area contributed by atoms with E-state index in [0.29, 0.717) is 13.2 Å². The largest absolute Gasteiger partial charge is 0.398 e. The zero-order valence-electron chi connectivity index (χ0n) is 13.8. The van der Waals surface area contributed by atoms with E-state index >= 15 is 0 Å². The molecular formula is C19H23ClN2O2. The first kappa shape index (κ1) is 18.3. The average Bonchev–Trinajstić information content (AvgIpc) is 2.60. The molecule has 0 saturated carbocycles. The second kappa shape index (κ2) is 8.18. The van der Waals surface area contributed by atoms with E-state index in [1.165, 1.54) is 0 Å². The van der Waals surface area contributed by atoms with Crippen LogP contribution in [0.4, 0.5) is 11.4 Å². The van der Waals surface area contributed by atoms with Crippen molar-refractivity contribution in [1.29, 1.82) is 0 Å². The van der Waals surface area contributed by atoms with Gasteiger partial charge in [-0.3, -0.25) is 4.79 Å². The van der Waals surface area contributed by atoms with Crippen LogP contribution in [0.5, 0.6) is 0 Å². The van der Waals surface area contributed by atoms with E-state index in [2.05, 4.69) is 0 Å². The van der Waals surface area contributed by atoms with E-state index in [-0.39, 0.29) is 18.3 Å². The predicted molar refractivity (Wildman–Crippen MR) is 99.5 cm³/mol. The number of amides is 1. The van der Waals surface area contributed by atoms with Gasteiger partial charge in [0.05, 0.1) is 6.61 Å². The van der Waals surface area contributed by atoms with Gasteiger partial charge in [0.1, 0.15) is 6.10 Å². The Bertz CT molecular complexity index is 691. The van der Waals surface area contributed by atoms with Crippen LogP contribution in [0.2, 0.25) is 0 Å². The number of nitrogens with zero attached hydrogens (tertiary/aromatic N) is 1. The molecule has 1 heterocycles. The highest BCUT2D eigenvalue weighted by Crippen LogP contribution is 2.31. The average molecular weight is 347 g/mol. The first-order chi connectivity index (χ1) is 11.2. The molecule has 0 aliphatic carbocycles. The Morgan fingerprint density at radius 1 is 1.21 bits per heavy atom. The Morgan fingerprint density at radius 2 is 1.96 bits per heavy atom. The summed E-state index contributed by atoms with van der Waals surface area (Å²) < 4.78 is 5.77. The van der Waals surface area contributed by atoms with E-state index in [1.807, 2.05) is 60.4 Å². The van der Waals surface area contributed by atoms with Crippen LogP contribution < -0.4 is 10.6 Å². The number of carbonyl (C=O) groups is 1. The molecule has 4 nitrogen and oxygen atoms in total. The molecule has 0 saturated heterocycles. The van der Waals surface area contributed by atoms with Crippen molar-refractivity contribution in [2.75, 3.05) is 17.2 Å². The van der Waals surface area contributed by atoms with E-state index in [9.17, 15) is 4.79 Å². The summed E-state index contributed by atoms with van der Waals surface area (Å²) >= 11 is 0. The van der Waals surface area contributed by atoms with Crippen LogP contribution >= 0.6 is 12.4 Å². The summed E-state index contributed by atoms with van der Waals surface area (Å²) in [6.45, 7) is 2.96. The molecule has 0 aromatic heterocycles. The molecule has 1 unspecified atom stereocenters. The second-order valence-electron chi connectivity index (χ2n) is 5.88. The van der Waals surface area contributed by atoms with E-state index in [1.54, 1.807) is 0 Å². The topological polar surface area (TPSA) is 55.6 Å². The van der Waals surface area contributed by atoms with Gasteiger partial charge in [-0.1, -0.05) is 36.4 Å². The van der Waals surface area contributed by atoms with Crippen molar-refractivity contribution in [2.45, 2.75) is 32.5 Å². The van der Waals surface area contributed by atoms with Gasteiger partial charge in [0.25, 0.3) is 5.91 Å². The number of carbonyl (C=O) groups excluding carboxylic acids is 1. The van der Waals surface area contributed by atoms with Gasteiger partial charge < -0.3 is 15.4 Å². The minimum atomic E-state index is -0.484. The fourth-order valence-corrected chi connectivity index (χ4v) is 2.97. The first-order valence-corrected chi connectivity index (χ1v) is 8.01. The molecule has 5 heteroatoms. The lowest BCUT2D eigenvalue weighted by Crippen LogP contribution is -2.42. The van der Waals surface area contributed by atoms with Crippen LogP contribution in [0.3, 0.4) is 0 Å². The third-order valence-corrected chi connectivity index (χ3v) is 4.24. The lowest BCUT2D eigenvalue weighted by molar-refractivity contribution is -0.129. The summed E-state index contributed by atoms with van der Waals surface area (Å²) in [5.41, 5.74) is 9.87. The molecule has 1 aliphatic heterocycles. The number of nitrogens with two attached hydrogens (primary N) is 1. The lowest BCUT2D eigenvalue weighted by atomic mass is 9.99. The number of anilines is 2. The summed E-state index contributed by atoms with van der Waals surface area (Å²) in [5.74, 6) is -0.00696. The maximum Gasteiger partial charge on any atom is 0.255 e. The number of halogens is 1. The van der Waals surface area contributed by atoms with Gasteiger partial charge in [-0.25, -0.2) is 0 Å². The number of hydrogen-bond acceptors (Lipinski definition) is 3.